The highest BCUT2D eigenvalue weighted by atomic mass is 35.5. The zero-order valence-electron chi connectivity index (χ0n) is 9.15. The number of carboxylic acid groups (broad SMARTS) is 1. The van der Waals surface area contributed by atoms with Crippen molar-refractivity contribution in [1.82, 2.24) is 4.98 Å². The maximum Gasteiger partial charge on any atom is 0.335 e. The van der Waals surface area contributed by atoms with Gasteiger partial charge in [0.2, 0.25) is 0 Å². The van der Waals surface area contributed by atoms with Crippen LogP contribution >= 0.6 is 23.4 Å². The number of anilines is 1. The number of aromatic carboxylic acids is 1. The minimum absolute atomic E-state index is 0.165. The summed E-state index contributed by atoms with van der Waals surface area (Å²) in [6.07, 6.45) is 2.14. The van der Waals surface area contributed by atoms with Gasteiger partial charge in [0.25, 0.3) is 0 Å². The molecule has 1 fully saturated rings. The van der Waals surface area contributed by atoms with Gasteiger partial charge < -0.3 is 10.4 Å². The van der Waals surface area contributed by atoms with Crippen molar-refractivity contribution in [2.75, 3.05) is 16.8 Å². The number of rotatable bonds is 3. The van der Waals surface area contributed by atoms with E-state index in [4.69, 9.17) is 16.7 Å². The maximum atomic E-state index is 10.9. The van der Waals surface area contributed by atoms with E-state index in [0.29, 0.717) is 11.9 Å². The predicted molar refractivity (Wildman–Crippen MR) is 70.2 cm³/mol. The van der Waals surface area contributed by atoms with Gasteiger partial charge in [0, 0.05) is 6.04 Å². The van der Waals surface area contributed by atoms with Gasteiger partial charge in [-0.3, -0.25) is 0 Å². The molecule has 92 valence electrons. The van der Waals surface area contributed by atoms with Crippen molar-refractivity contribution in [3.63, 3.8) is 0 Å². The molecule has 0 atom stereocenters. The smallest absolute Gasteiger partial charge is 0.335 e. The summed E-state index contributed by atoms with van der Waals surface area (Å²) in [5.41, 5.74) is 0.165. The third-order valence-electron chi connectivity index (χ3n) is 2.61. The summed E-state index contributed by atoms with van der Waals surface area (Å²) in [7, 11) is 0. The second-order valence-corrected chi connectivity index (χ2v) is 5.51. The molecule has 0 aromatic carbocycles. The largest absolute Gasteiger partial charge is 0.478 e. The number of nitrogens with zero attached hydrogens (tertiary/aromatic N) is 1. The van der Waals surface area contributed by atoms with E-state index >= 15 is 0 Å². The second-order valence-electron chi connectivity index (χ2n) is 3.90. The van der Waals surface area contributed by atoms with Crippen molar-refractivity contribution < 1.29 is 9.90 Å². The van der Waals surface area contributed by atoms with Gasteiger partial charge in [-0.1, -0.05) is 11.6 Å². The molecule has 1 aromatic rings. The van der Waals surface area contributed by atoms with Gasteiger partial charge in [0.1, 0.15) is 11.0 Å². The Balaban J connectivity index is 2.11. The zero-order valence-corrected chi connectivity index (χ0v) is 10.7. The van der Waals surface area contributed by atoms with Crippen molar-refractivity contribution in [3.05, 3.63) is 22.8 Å². The lowest BCUT2D eigenvalue weighted by Crippen LogP contribution is -2.25. The first kappa shape index (κ1) is 12.5. The predicted octanol–water partition coefficient (Wildman–Crippen LogP) is 2.74. The van der Waals surface area contributed by atoms with Gasteiger partial charge in [0.05, 0.1) is 5.56 Å². The summed E-state index contributed by atoms with van der Waals surface area (Å²) < 4.78 is 0. The quantitative estimate of drug-likeness (QED) is 0.829. The molecule has 17 heavy (non-hydrogen) atoms. The van der Waals surface area contributed by atoms with Gasteiger partial charge in [-0.2, -0.15) is 11.8 Å². The lowest BCUT2D eigenvalue weighted by molar-refractivity contribution is 0.0697. The molecular formula is C11H13ClN2O2S. The summed E-state index contributed by atoms with van der Waals surface area (Å²) in [4.78, 5) is 15.0. The van der Waals surface area contributed by atoms with Crippen LogP contribution in [0.2, 0.25) is 5.15 Å². The highest BCUT2D eigenvalue weighted by Gasteiger charge is 2.15. The van der Waals surface area contributed by atoms with Crippen LogP contribution in [-0.4, -0.2) is 33.6 Å². The molecule has 2 heterocycles. The molecular weight excluding hydrogens is 260 g/mol. The molecule has 0 unspecified atom stereocenters. The molecule has 1 saturated heterocycles. The van der Waals surface area contributed by atoms with E-state index in [0.717, 1.165) is 24.3 Å². The molecule has 0 radical (unpaired) electrons. The van der Waals surface area contributed by atoms with Crippen LogP contribution in [-0.2, 0) is 0 Å². The molecule has 1 aliphatic rings. The van der Waals surface area contributed by atoms with E-state index in [1.54, 1.807) is 0 Å². The fourth-order valence-corrected chi connectivity index (χ4v) is 3.06. The summed E-state index contributed by atoms with van der Waals surface area (Å²) in [6, 6.07) is 3.24. The van der Waals surface area contributed by atoms with Crippen LogP contribution in [0.25, 0.3) is 0 Å². The van der Waals surface area contributed by atoms with Crippen LogP contribution in [0.15, 0.2) is 12.1 Å². The van der Waals surface area contributed by atoms with Crippen molar-refractivity contribution in [3.8, 4) is 0 Å². The normalized spacial score (nSPS) is 16.8. The van der Waals surface area contributed by atoms with Gasteiger partial charge in [-0.15, -0.1) is 0 Å². The summed E-state index contributed by atoms with van der Waals surface area (Å²) in [5, 5.41) is 12.4. The van der Waals surface area contributed by atoms with Crippen LogP contribution in [0.1, 0.15) is 23.2 Å². The standard InChI is InChI=1S/C11H13ClN2O2S/c12-9-5-7(11(15)16)6-10(14-9)13-8-1-3-17-4-2-8/h5-6,8H,1-4H2,(H,13,14)(H,15,16). The average Bonchev–Trinajstić information content (AvgIpc) is 2.29. The molecule has 0 aliphatic carbocycles. The van der Waals surface area contributed by atoms with E-state index in [-0.39, 0.29) is 10.7 Å². The minimum Gasteiger partial charge on any atom is -0.478 e. The van der Waals surface area contributed by atoms with Crippen molar-refractivity contribution >= 4 is 35.1 Å². The molecule has 0 saturated carbocycles. The summed E-state index contributed by atoms with van der Waals surface area (Å²) >= 11 is 7.73. The molecule has 0 amide bonds. The summed E-state index contributed by atoms with van der Waals surface area (Å²) in [6.45, 7) is 0. The van der Waals surface area contributed by atoms with E-state index in [1.807, 2.05) is 11.8 Å². The van der Waals surface area contributed by atoms with Crippen LogP contribution in [0.3, 0.4) is 0 Å². The average molecular weight is 273 g/mol. The first-order valence-electron chi connectivity index (χ1n) is 5.40. The van der Waals surface area contributed by atoms with Gasteiger partial charge in [-0.25, -0.2) is 9.78 Å². The minimum atomic E-state index is -0.989. The third kappa shape index (κ3) is 3.51. The van der Waals surface area contributed by atoms with Gasteiger partial charge in [0.15, 0.2) is 0 Å². The molecule has 1 aromatic heterocycles. The Kier molecular flexibility index (Phi) is 4.12. The Morgan fingerprint density at radius 2 is 2.18 bits per heavy atom. The first-order chi connectivity index (χ1) is 8.15. The molecule has 4 nitrogen and oxygen atoms in total. The lowest BCUT2D eigenvalue weighted by Gasteiger charge is -2.23. The Labute approximate surface area is 109 Å². The molecule has 0 bridgehead atoms. The molecule has 0 spiro atoms. The fourth-order valence-electron chi connectivity index (χ4n) is 1.75. The second kappa shape index (κ2) is 5.60. The number of pyridine rings is 1. The molecule has 2 rings (SSSR count). The van der Waals surface area contributed by atoms with Crippen molar-refractivity contribution in [2.45, 2.75) is 18.9 Å². The monoisotopic (exact) mass is 272 g/mol. The Bertz CT molecular complexity index is 422. The maximum absolute atomic E-state index is 10.9. The molecule has 6 heteroatoms. The number of thioether (sulfide) groups is 1. The van der Waals surface area contributed by atoms with Crippen molar-refractivity contribution in [2.24, 2.45) is 0 Å². The van der Waals surface area contributed by atoms with E-state index in [2.05, 4.69) is 10.3 Å². The SMILES string of the molecule is O=C(O)c1cc(Cl)nc(NC2CCSCC2)c1. The number of carbonyl (C=O) groups is 1. The van der Waals surface area contributed by atoms with E-state index in [1.165, 1.54) is 12.1 Å². The third-order valence-corrected chi connectivity index (χ3v) is 3.86. The van der Waals surface area contributed by atoms with Crippen LogP contribution in [0.5, 0.6) is 0 Å². The Morgan fingerprint density at radius 3 is 2.82 bits per heavy atom. The van der Waals surface area contributed by atoms with Crippen LogP contribution < -0.4 is 5.32 Å². The highest BCUT2D eigenvalue weighted by Crippen LogP contribution is 2.21. The van der Waals surface area contributed by atoms with Gasteiger partial charge in [-0.05, 0) is 36.5 Å². The fraction of sp³-hybridized carbons (Fsp3) is 0.455. The number of aromatic nitrogens is 1. The molecule has 1 aliphatic heterocycles. The Morgan fingerprint density at radius 1 is 1.47 bits per heavy atom. The van der Waals surface area contributed by atoms with Crippen LogP contribution in [0.4, 0.5) is 5.82 Å². The topological polar surface area (TPSA) is 62.2 Å². The summed E-state index contributed by atoms with van der Waals surface area (Å²) in [5.74, 6) is 1.82. The number of halogens is 1. The van der Waals surface area contributed by atoms with Crippen LogP contribution in [0, 0.1) is 0 Å². The lowest BCUT2D eigenvalue weighted by atomic mass is 10.1. The number of hydrogen-bond acceptors (Lipinski definition) is 4. The number of hydrogen-bond donors (Lipinski definition) is 2. The van der Waals surface area contributed by atoms with Crippen molar-refractivity contribution in [1.29, 1.82) is 0 Å². The Hall–Kier alpha value is -0.940. The van der Waals surface area contributed by atoms with Gasteiger partial charge >= 0.3 is 5.97 Å². The van der Waals surface area contributed by atoms with E-state index < -0.39 is 5.97 Å². The zero-order chi connectivity index (χ0) is 12.3. The first-order valence-corrected chi connectivity index (χ1v) is 6.93. The number of nitrogens with one attached hydrogen (secondary N) is 1. The number of carboxylic acids is 1. The molecule has 2 N–H and O–H groups in total. The van der Waals surface area contributed by atoms with E-state index in [9.17, 15) is 4.79 Å². The highest BCUT2D eigenvalue weighted by molar-refractivity contribution is 7.99.